The lowest BCUT2D eigenvalue weighted by Crippen LogP contribution is -2.29. The Morgan fingerprint density at radius 1 is 1.50 bits per heavy atom. The highest BCUT2D eigenvalue weighted by Gasteiger charge is 2.22. The van der Waals surface area contributed by atoms with Crippen LogP contribution in [0.3, 0.4) is 0 Å². The van der Waals surface area contributed by atoms with Crippen LogP contribution in [0.4, 0.5) is 11.4 Å². The highest BCUT2D eigenvalue weighted by atomic mass is 16.2. The zero-order valence-corrected chi connectivity index (χ0v) is 9.65. The summed E-state index contributed by atoms with van der Waals surface area (Å²) in [7, 11) is 1.82. The summed E-state index contributed by atoms with van der Waals surface area (Å²) < 4.78 is 0. The number of benzene rings is 1. The molecular weight excluding hydrogens is 200 g/mol. The largest absolute Gasteiger partial charge is 0.399 e. The Bertz CT molecular complexity index is 385. The first kappa shape index (κ1) is 11.0. The normalized spacial score (nSPS) is 15.6. The topological polar surface area (TPSA) is 46.3 Å². The zero-order valence-electron chi connectivity index (χ0n) is 9.65. The van der Waals surface area contributed by atoms with Crippen molar-refractivity contribution in [3.8, 4) is 0 Å². The third-order valence-electron chi connectivity index (χ3n) is 3.32. The lowest BCUT2D eigenvalue weighted by Gasteiger charge is -2.27. The highest BCUT2D eigenvalue weighted by Crippen LogP contribution is 2.30. The Labute approximate surface area is 96.2 Å². The van der Waals surface area contributed by atoms with E-state index in [1.807, 2.05) is 31.3 Å². The van der Waals surface area contributed by atoms with Gasteiger partial charge >= 0.3 is 0 Å². The van der Waals surface area contributed by atoms with Crippen LogP contribution in [0.2, 0.25) is 0 Å². The van der Waals surface area contributed by atoms with Gasteiger partial charge in [-0.2, -0.15) is 0 Å². The summed E-state index contributed by atoms with van der Waals surface area (Å²) >= 11 is 0. The van der Waals surface area contributed by atoms with Gasteiger partial charge in [-0.25, -0.2) is 0 Å². The van der Waals surface area contributed by atoms with Gasteiger partial charge in [0.1, 0.15) is 0 Å². The second-order valence-corrected chi connectivity index (χ2v) is 4.55. The molecule has 0 heterocycles. The maximum absolute atomic E-state index is 11.9. The highest BCUT2D eigenvalue weighted by molar-refractivity contribution is 5.93. The Kier molecular flexibility index (Phi) is 3.13. The fourth-order valence-electron chi connectivity index (χ4n) is 1.96. The van der Waals surface area contributed by atoms with Gasteiger partial charge in [0.2, 0.25) is 5.91 Å². The lowest BCUT2D eigenvalue weighted by molar-refractivity contribution is -0.119. The second kappa shape index (κ2) is 4.56. The summed E-state index contributed by atoms with van der Waals surface area (Å²) in [4.78, 5) is 13.6. The number of nitrogen functional groups attached to an aromatic ring is 1. The molecule has 1 aliphatic rings. The number of rotatable bonds is 3. The minimum Gasteiger partial charge on any atom is -0.399 e. The van der Waals surface area contributed by atoms with Gasteiger partial charge in [-0.05, 0) is 37.0 Å². The standard InChI is InChI=1S/C13H18N2O/c1-15(12-7-3-6-11(14)9-12)13(16)8-10-4-2-5-10/h3,6-7,9-10H,2,4-5,8,14H2,1H3. The fourth-order valence-corrected chi connectivity index (χ4v) is 1.96. The molecule has 3 heteroatoms. The molecule has 1 aliphatic carbocycles. The number of carbonyl (C=O) groups is 1. The fraction of sp³-hybridized carbons (Fsp3) is 0.462. The van der Waals surface area contributed by atoms with Gasteiger partial charge < -0.3 is 10.6 Å². The van der Waals surface area contributed by atoms with Crippen LogP contribution in [0.1, 0.15) is 25.7 Å². The van der Waals surface area contributed by atoms with Crippen LogP contribution in [-0.4, -0.2) is 13.0 Å². The van der Waals surface area contributed by atoms with Crippen LogP contribution in [-0.2, 0) is 4.79 Å². The minimum absolute atomic E-state index is 0.190. The maximum atomic E-state index is 11.9. The zero-order chi connectivity index (χ0) is 11.5. The molecule has 0 aromatic heterocycles. The van der Waals surface area contributed by atoms with Crippen LogP contribution in [0.5, 0.6) is 0 Å². The molecule has 1 aromatic carbocycles. The number of nitrogens with zero attached hydrogens (tertiary/aromatic N) is 1. The summed E-state index contributed by atoms with van der Waals surface area (Å²) in [6.45, 7) is 0. The average molecular weight is 218 g/mol. The predicted molar refractivity (Wildman–Crippen MR) is 66.2 cm³/mol. The van der Waals surface area contributed by atoms with Crippen molar-refractivity contribution in [2.24, 2.45) is 5.92 Å². The molecule has 0 unspecified atom stereocenters. The van der Waals surface area contributed by atoms with E-state index >= 15 is 0 Å². The smallest absolute Gasteiger partial charge is 0.226 e. The van der Waals surface area contributed by atoms with Crippen molar-refractivity contribution in [1.82, 2.24) is 0 Å². The quantitative estimate of drug-likeness (QED) is 0.792. The van der Waals surface area contributed by atoms with E-state index in [4.69, 9.17) is 5.73 Å². The van der Waals surface area contributed by atoms with Crippen LogP contribution in [0, 0.1) is 5.92 Å². The molecule has 86 valence electrons. The van der Waals surface area contributed by atoms with Crippen LogP contribution in [0.15, 0.2) is 24.3 Å². The van der Waals surface area contributed by atoms with Crippen molar-refractivity contribution >= 4 is 17.3 Å². The van der Waals surface area contributed by atoms with Gasteiger partial charge in [0.25, 0.3) is 0 Å². The van der Waals surface area contributed by atoms with E-state index in [-0.39, 0.29) is 5.91 Å². The van der Waals surface area contributed by atoms with Crippen molar-refractivity contribution in [2.75, 3.05) is 17.7 Å². The molecular formula is C13H18N2O. The van der Waals surface area contributed by atoms with Crippen LogP contribution >= 0.6 is 0 Å². The van der Waals surface area contributed by atoms with Gasteiger partial charge in [0, 0.05) is 24.8 Å². The SMILES string of the molecule is CN(C(=O)CC1CCC1)c1cccc(N)c1. The Morgan fingerprint density at radius 2 is 2.25 bits per heavy atom. The molecule has 0 aliphatic heterocycles. The van der Waals surface area contributed by atoms with Crippen molar-refractivity contribution in [3.63, 3.8) is 0 Å². The lowest BCUT2D eigenvalue weighted by atomic mass is 9.83. The van der Waals surface area contributed by atoms with Crippen molar-refractivity contribution in [1.29, 1.82) is 0 Å². The van der Waals surface area contributed by atoms with Gasteiger partial charge in [-0.1, -0.05) is 12.5 Å². The van der Waals surface area contributed by atoms with Gasteiger partial charge in [-0.3, -0.25) is 4.79 Å². The number of hydrogen-bond acceptors (Lipinski definition) is 2. The molecule has 1 fully saturated rings. The molecule has 2 rings (SSSR count). The first-order valence-electron chi connectivity index (χ1n) is 5.79. The van der Waals surface area contributed by atoms with E-state index in [1.54, 1.807) is 4.90 Å². The molecule has 0 bridgehead atoms. The predicted octanol–water partition coefficient (Wildman–Crippen LogP) is 2.42. The van der Waals surface area contributed by atoms with Crippen molar-refractivity contribution < 1.29 is 4.79 Å². The number of nitrogens with two attached hydrogens (primary N) is 1. The summed E-state index contributed by atoms with van der Waals surface area (Å²) in [5, 5.41) is 0. The van der Waals surface area contributed by atoms with Crippen molar-refractivity contribution in [2.45, 2.75) is 25.7 Å². The number of carbonyl (C=O) groups excluding carboxylic acids is 1. The molecule has 1 aromatic rings. The van der Waals surface area contributed by atoms with Gasteiger partial charge in [-0.15, -0.1) is 0 Å². The third kappa shape index (κ3) is 2.35. The Hall–Kier alpha value is -1.51. The molecule has 0 radical (unpaired) electrons. The summed E-state index contributed by atoms with van der Waals surface area (Å²) in [6, 6.07) is 7.44. The van der Waals surface area contributed by atoms with Crippen LogP contribution in [0.25, 0.3) is 0 Å². The molecule has 3 nitrogen and oxygen atoms in total. The van der Waals surface area contributed by atoms with E-state index < -0.39 is 0 Å². The number of amides is 1. The van der Waals surface area contributed by atoms with Crippen molar-refractivity contribution in [3.05, 3.63) is 24.3 Å². The molecule has 16 heavy (non-hydrogen) atoms. The minimum atomic E-state index is 0.190. The van der Waals surface area contributed by atoms with E-state index in [9.17, 15) is 4.79 Å². The Morgan fingerprint density at radius 3 is 2.81 bits per heavy atom. The van der Waals surface area contributed by atoms with Crippen LogP contribution < -0.4 is 10.6 Å². The monoisotopic (exact) mass is 218 g/mol. The second-order valence-electron chi connectivity index (χ2n) is 4.55. The van der Waals surface area contributed by atoms with E-state index in [2.05, 4.69) is 0 Å². The van der Waals surface area contributed by atoms with E-state index in [1.165, 1.54) is 19.3 Å². The first-order chi connectivity index (χ1) is 7.66. The molecule has 2 N–H and O–H groups in total. The Balaban J connectivity index is 2.00. The maximum Gasteiger partial charge on any atom is 0.226 e. The van der Waals surface area contributed by atoms with Gasteiger partial charge in [0.05, 0.1) is 0 Å². The molecule has 0 saturated heterocycles. The summed E-state index contributed by atoms with van der Waals surface area (Å²) in [6.07, 6.45) is 4.36. The third-order valence-corrected chi connectivity index (χ3v) is 3.32. The van der Waals surface area contributed by atoms with Gasteiger partial charge in [0.15, 0.2) is 0 Å². The molecule has 0 atom stereocenters. The molecule has 0 spiro atoms. The molecule has 1 saturated carbocycles. The summed E-state index contributed by atoms with van der Waals surface area (Å²) in [5.74, 6) is 0.798. The first-order valence-corrected chi connectivity index (χ1v) is 5.79. The van der Waals surface area contributed by atoms with E-state index in [0.29, 0.717) is 18.0 Å². The number of hydrogen-bond donors (Lipinski definition) is 1. The summed E-state index contributed by atoms with van der Waals surface area (Å²) in [5.41, 5.74) is 7.27. The number of anilines is 2. The van der Waals surface area contributed by atoms with E-state index in [0.717, 1.165) is 5.69 Å². The molecule has 1 amide bonds. The average Bonchev–Trinajstić information content (AvgIpc) is 2.22.